The van der Waals surface area contributed by atoms with Crippen molar-refractivity contribution in [2.45, 2.75) is 6.92 Å². The number of fused-ring (bicyclic) bond motifs is 1. The van der Waals surface area contributed by atoms with Crippen LogP contribution in [0.2, 0.25) is 0 Å². The second-order valence-corrected chi connectivity index (χ2v) is 5.07. The molecule has 7 nitrogen and oxygen atoms in total. The molecule has 0 saturated heterocycles. The number of carboxylic acid groups (broad SMARTS) is 1. The number of ether oxygens (including phenoxy) is 1. The molecule has 0 fully saturated rings. The molecule has 3 aromatic heterocycles. The summed E-state index contributed by atoms with van der Waals surface area (Å²) in [4.78, 5) is 15.3. The molecule has 0 saturated carbocycles. The molecule has 0 aromatic carbocycles. The molecular formula is C16H16N4O3. The Morgan fingerprint density at radius 1 is 1.35 bits per heavy atom. The average molecular weight is 312 g/mol. The van der Waals surface area contributed by atoms with E-state index in [0.717, 1.165) is 34.2 Å². The van der Waals surface area contributed by atoms with Gasteiger partial charge in [0.15, 0.2) is 0 Å². The van der Waals surface area contributed by atoms with Gasteiger partial charge in [0.05, 0.1) is 12.8 Å². The maximum Gasteiger partial charge on any atom is 0.328 e. The normalized spacial score (nSPS) is 11.4. The number of aliphatic carboxylic acids is 1. The summed E-state index contributed by atoms with van der Waals surface area (Å²) >= 11 is 0. The smallest absolute Gasteiger partial charge is 0.328 e. The highest BCUT2D eigenvalue weighted by Gasteiger charge is 2.16. The van der Waals surface area contributed by atoms with Gasteiger partial charge < -0.3 is 9.84 Å². The Morgan fingerprint density at radius 3 is 2.83 bits per heavy atom. The van der Waals surface area contributed by atoms with Gasteiger partial charge in [0.1, 0.15) is 11.5 Å². The highest BCUT2D eigenvalue weighted by Crippen LogP contribution is 2.25. The molecule has 0 unspecified atom stereocenters. The SMILES string of the molecule is COc1ccc2ccn(-c3c(C=CC(=O)O)c(C)nn3C)c2n1. The van der Waals surface area contributed by atoms with E-state index in [-0.39, 0.29) is 0 Å². The van der Waals surface area contributed by atoms with Crippen molar-refractivity contribution in [2.24, 2.45) is 7.05 Å². The summed E-state index contributed by atoms with van der Waals surface area (Å²) in [6.07, 6.45) is 4.53. The fourth-order valence-corrected chi connectivity index (χ4v) is 2.57. The van der Waals surface area contributed by atoms with Crippen molar-refractivity contribution in [1.82, 2.24) is 19.3 Å². The molecule has 118 valence electrons. The minimum absolute atomic E-state index is 0.513. The molecule has 3 aromatic rings. The van der Waals surface area contributed by atoms with Crippen LogP contribution in [0.15, 0.2) is 30.5 Å². The van der Waals surface area contributed by atoms with E-state index in [1.165, 1.54) is 0 Å². The molecule has 1 N–H and O–H groups in total. The molecule has 3 heterocycles. The van der Waals surface area contributed by atoms with Crippen molar-refractivity contribution in [2.75, 3.05) is 7.11 Å². The molecule has 3 rings (SSSR count). The summed E-state index contributed by atoms with van der Waals surface area (Å²) in [5, 5.41) is 14.2. The maximum absolute atomic E-state index is 10.8. The van der Waals surface area contributed by atoms with E-state index < -0.39 is 5.97 Å². The van der Waals surface area contributed by atoms with Gasteiger partial charge in [0, 0.05) is 36.3 Å². The zero-order valence-electron chi connectivity index (χ0n) is 13.0. The van der Waals surface area contributed by atoms with Crippen molar-refractivity contribution in [3.05, 3.63) is 41.7 Å². The molecule has 0 aliphatic rings. The van der Waals surface area contributed by atoms with Crippen LogP contribution in [-0.2, 0) is 11.8 Å². The van der Waals surface area contributed by atoms with Gasteiger partial charge in [-0.25, -0.2) is 4.79 Å². The Balaban J connectivity index is 2.24. The number of hydrogen-bond acceptors (Lipinski definition) is 4. The zero-order chi connectivity index (χ0) is 16.6. The summed E-state index contributed by atoms with van der Waals surface area (Å²) in [5.41, 5.74) is 2.19. The fraction of sp³-hybridized carbons (Fsp3) is 0.188. The molecule has 0 bridgehead atoms. The Labute approximate surface area is 132 Å². The van der Waals surface area contributed by atoms with Crippen molar-refractivity contribution in [3.8, 4) is 11.7 Å². The quantitative estimate of drug-likeness (QED) is 0.747. The number of aryl methyl sites for hydroxylation is 2. The summed E-state index contributed by atoms with van der Waals surface area (Å²) in [7, 11) is 3.38. The minimum Gasteiger partial charge on any atom is -0.481 e. The number of nitrogens with zero attached hydrogens (tertiary/aromatic N) is 4. The van der Waals surface area contributed by atoms with Crippen molar-refractivity contribution >= 4 is 23.1 Å². The molecule has 0 aliphatic carbocycles. The Hall–Kier alpha value is -3.09. The van der Waals surface area contributed by atoms with E-state index in [9.17, 15) is 4.79 Å². The summed E-state index contributed by atoms with van der Waals surface area (Å²) in [5.74, 6) is 0.256. The molecule has 0 spiro atoms. The van der Waals surface area contributed by atoms with E-state index in [1.807, 2.05) is 36.9 Å². The van der Waals surface area contributed by atoms with Crippen LogP contribution in [0.25, 0.3) is 22.9 Å². The maximum atomic E-state index is 10.8. The molecule has 0 aliphatic heterocycles. The third-order valence-electron chi connectivity index (χ3n) is 3.58. The lowest BCUT2D eigenvalue weighted by atomic mass is 10.2. The van der Waals surface area contributed by atoms with Gasteiger partial charge in [-0.1, -0.05) is 0 Å². The number of pyridine rings is 1. The van der Waals surface area contributed by atoms with Gasteiger partial charge in [-0.3, -0.25) is 9.25 Å². The average Bonchev–Trinajstić information content (AvgIpc) is 3.04. The first-order valence-electron chi connectivity index (χ1n) is 6.98. The van der Waals surface area contributed by atoms with Crippen LogP contribution >= 0.6 is 0 Å². The van der Waals surface area contributed by atoms with Gasteiger partial charge in [-0.15, -0.1) is 0 Å². The van der Waals surface area contributed by atoms with Crippen LogP contribution in [0, 0.1) is 6.92 Å². The van der Waals surface area contributed by atoms with Crippen molar-refractivity contribution in [1.29, 1.82) is 0 Å². The number of carbonyl (C=O) groups is 1. The van der Waals surface area contributed by atoms with Gasteiger partial charge in [-0.05, 0) is 25.1 Å². The predicted molar refractivity (Wildman–Crippen MR) is 85.8 cm³/mol. The van der Waals surface area contributed by atoms with E-state index in [2.05, 4.69) is 10.1 Å². The van der Waals surface area contributed by atoms with E-state index in [4.69, 9.17) is 9.84 Å². The zero-order valence-corrected chi connectivity index (χ0v) is 13.0. The second-order valence-electron chi connectivity index (χ2n) is 5.07. The molecule has 23 heavy (non-hydrogen) atoms. The number of hydrogen-bond donors (Lipinski definition) is 1. The third-order valence-corrected chi connectivity index (χ3v) is 3.58. The molecular weight excluding hydrogens is 296 g/mol. The molecule has 7 heteroatoms. The number of carboxylic acids is 1. The van der Waals surface area contributed by atoms with Crippen LogP contribution in [-0.4, -0.2) is 37.5 Å². The first kappa shape index (κ1) is 14.8. The van der Waals surface area contributed by atoms with Crippen LogP contribution in [0.3, 0.4) is 0 Å². The highest BCUT2D eigenvalue weighted by atomic mass is 16.5. The molecule has 0 atom stereocenters. The lowest BCUT2D eigenvalue weighted by molar-refractivity contribution is -0.131. The van der Waals surface area contributed by atoms with Crippen molar-refractivity contribution < 1.29 is 14.6 Å². The minimum atomic E-state index is -1.00. The van der Waals surface area contributed by atoms with Crippen LogP contribution in [0.1, 0.15) is 11.3 Å². The molecule has 0 radical (unpaired) electrons. The lowest BCUT2D eigenvalue weighted by Gasteiger charge is -2.08. The third kappa shape index (κ3) is 2.57. The first-order valence-corrected chi connectivity index (χ1v) is 6.98. The number of rotatable bonds is 4. The lowest BCUT2D eigenvalue weighted by Crippen LogP contribution is -2.04. The van der Waals surface area contributed by atoms with E-state index >= 15 is 0 Å². The van der Waals surface area contributed by atoms with E-state index in [0.29, 0.717) is 5.88 Å². The summed E-state index contributed by atoms with van der Waals surface area (Å²) in [6, 6.07) is 5.66. The van der Waals surface area contributed by atoms with Crippen molar-refractivity contribution in [3.63, 3.8) is 0 Å². The predicted octanol–water partition coefficient (Wildman–Crippen LogP) is 2.17. The van der Waals surface area contributed by atoms with Crippen LogP contribution in [0.4, 0.5) is 0 Å². The Morgan fingerprint density at radius 2 is 2.13 bits per heavy atom. The van der Waals surface area contributed by atoms with E-state index in [1.54, 1.807) is 23.9 Å². The number of methoxy groups -OCH3 is 1. The topological polar surface area (TPSA) is 82.2 Å². The van der Waals surface area contributed by atoms with Gasteiger partial charge in [-0.2, -0.15) is 10.1 Å². The molecule has 0 amide bonds. The van der Waals surface area contributed by atoms with Gasteiger partial charge >= 0.3 is 5.97 Å². The number of aromatic nitrogens is 4. The Bertz CT molecular complexity index is 921. The fourth-order valence-electron chi connectivity index (χ4n) is 2.57. The second kappa shape index (κ2) is 5.60. The van der Waals surface area contributed by atoms with Crippen LogP contribution < -0.4 is 4.74 Å². The first-order chi connectivity index (χ1) is 11.0. The van der Waals surface area contributed by atoms with Gasteiger partial charge in [0.25, 0.3) is 0 Å². The Kier molecular flexibility index (Phi) is 3.61. The standard InChI is InChI=1S/C16H16N4O3/c1-10-12(5-7-14(21)22)16(19(2)18-10)20-9-8-11-4-6-13(23-3)17-15(11)20/h4-9H,1-3H3,(H,21,22). The summed E-state index contributed by atoms with van der Waals surface area (Å²) < 4.78 is 8.77. The van der Waals surface area contributed by atoms with Gasteiger partial charge in [0.2, 0.25) is 5.88 Å². The van der Waals surface area contributed by atoms with Crippen LogP contribution in [0.5, 0.6) is 5.88 Å². The monoisotopic (exact) mass is 312 g/mol. The highest BCUT2D eigenvalue weighted by molar-refractivity contribution is 5.87. The largest absolute Gasteiger partial charge is 0.481 e. The summed E-state index contributed by atoms with van der Waals surface area (Å²) in [6.45, 7) is 1.84.